The lowest BCUT2D eigenvalue weighted by atomic mass is 9.94. The Kier molecular flexibility index (Phi) is 3.48. The second-order valence-corrected chi connectivity index (χ2v) is 6.73. The largest absolute Gasteiger partial charge is 0.497 e. The van der Waals surface area contributed by atoms with Gasteiger partial charge in [0.1, 0.15) is 17.5 Å². The smallest absolute Gasteiger partial charge is 0.326 e. The van der Waals surface area contributed by atoms with E-state index in [0.29, 0.717) is 18.2 Å². The van der Waals surface area contributed by atoms with E-state index in [4.69, 9.17) is 4.74 Å². The number of amides is 1. The summed E-state index contributed by atoms with van der Waals surface area (Å²) in [6.45, 7) is 0.541. The monoisotopic (exact) mass is 328 g/mol. The highest BCUT2D eigenvalue weighted by molar-refractivity contribution is 6.00. The Bertz CT molecular complexity index is 812. The molecule has 3 unspecified atom stereocenters. The van der Waals surface area contributed by atoms with E-state index in [0.717, 1.165) is 35.9 Å². The topological polar surface area (TPSA) is 82.6 Å². The molecule has 2 aliphatic rings. The van der Waals surface area contributed by atoms with Crippen molar-refractivity contribution in [2.45, 2.75) is 25.3 Å². The van der Waals surface area contributed by atoms with Gasteiger partial charge >= 0.3 is 5.97 Å². The standard InChI is InChI=1S/C18H20N2O4/c1-24-12-5-6-14-11(7-12)8-15(19-14)17(21)20-9-10-3-2-4-13(10)16(20)18(22)23/h5-8,10,13,16,19H,2-4,9H2,1H3,(H,22,23). The van der Waals surface area contributed by atoms with Gasteiger partial charge < -0.3 is 19.7 Å². The molecule has 126 valence electrons. The maximum absolute atomic E-state index is 12.9. The molecule has 0 radical (unpaired) electrons. The molecule has 0 spiro atoms. The number of rotatable bonds is 3. The highest BCUT2D eigenvalue weighted by Crippen LogP contribution is 2.42. The molecular formula is C18H20N2O4. The second kappa shape index (κ2) is 5.54. The lowest BCUT2D eigenvalue weighted by molar-refractivity contribution is -0.142. The molecule has 2 heterocycles. The molecule has 3 atom stereocenters. The maximum Gasteiger partial charge on any atom is 0.326 e. The number of nitrogens with one attached hydrogen (secondary N) is 1. The predicted molar refractivity (Wildman–Crippen MR) is 88.1 cm³/mol. The Labute approximate surface area is 139 Å². The van der Waals surface area contributed by atoms with Gasteiger partial charge in [-0.1, -0.05) is 6.42 Å². The molecule has 2 fully saturated rings. The number of benzene rings is 1. The number of hydrogen-bond donors (Lipinski definition) is 2. The first-order valence-electron chi connectivity index (χ1n) is 8.29. The van der Waals surface area contributed by atoms with Crippen LogP contribution >= 0.6 is 0 Å². The van der Waals surface area contributed by atoms with E-state index in [2.05, 4.69) is 4.98 Å². The van der Waals surface area contributed by atoms with Gasteiger partial charge in [0.25, 0.3) is 5.91 Å². The van der Waals surface area contributed by atoms with Crippen LogP contribution in [0.15, 0.2) is 24.3 Å². The van der Waals surface area contributed by atoms with E-state index in [1.54, 1.807) is 18.1 Å². The summed E-state index contributed by atoms with van der Waals surface area (Å²) in [6.07, 6.45) is 2.98. The summed E-state index contributed by atoms with van der Waals surface area (Å²) < 4.78 is 5.20. The molecule has 2 N–H and O–H groups in total. The summed E-state index contributed by atoms with van der Waals surface area (Å²) in [5, 5.41) is 10.5. The van der Waals surface area contributed by atoms with Gasteiger partial charge in [-0.05, 0) is 48.9 Å². The number of H-pyrrole nitrogens is 1. The van der Waals surface area contributed by atoms with Crippen molar-refractivity contribution in [1.82, 2.24) is 9.88 Å². The van der Waals surface area contributed by atoms with Crippen molar-refractivity contribution in [1.29, 1.82) is 0 Å². The second-order valence-electron chi connectivity index (χ2n) is 6.73. The molecule has 6 nitrogen and oxygen atoms in total. The average molecular weight is 328 g/mol. The van der Waals surface area contributed by atoms with Crippen LogP contribution in [0.3, 0.4) is 0 Å². The lowest BCUT2D eigenvalue weighted by Crippen LogP contribution is -2.43. The van der Waals surface area contributed by atoms with E-state index >= 15 is 0 Å². The Balaban J connectivity index is 1.66. The van der Waals surface area contributed by atoms with Crippen LogP contribution in [0.2, 0.25) is 0 Å². The van der Waals surface area contributed by atoms with E-state index in [-0.39, 0.29) is 11.8 Å². The van der Waals surface area contributed by atoms with Crippen LogP contribution in [-0.2, 0) is 4.79 Å². The molecule has 1 saturated heterocycles. The number of fused-ring (bicyclic) bond motifs is 2. The Morgan fingerprint density at radius 2 is 2.12 bits per heavy atom. The van der Waals surface area contributed by atoms with Crippen LogP contribution < -0.4 is 4.74 Å². The summed E-state index contributed by atoms with van der Waals surface area (Å²) in [5.41, 5.74) is 1.27. The zero-order chi connectivity index (χ0) is 16.8. The van der Waals surface area contributed by atoms with Gasteiger partial charge in [-0.15, -0.1) is 0 Å². The summed E-state index contributed by atoms with van der Waals surface area (Å²) in [5.74, 6) is 0.0116. The molecule has 1 aliphatic carbocycles. The van der Waals surface area contributed by atoms with Gasteiger partial charge in [0.05, 0.1) is 7.11 Å². The van der Waals surface area contributed by atoms with E-state index in [1.807, 2.05) is 18.2 Å². The third kappa shape index (κ3) is 2.25. The molecule has 1 aliphatic heterocycles. The Morgan fingerprint density at radius 1 is 1.29 bits per heavy atom. The molecule has 6 heteroatoms. The van der Waals surface area contributed by atoms with Gasteiger partial charge in [0.15, 0.2) is 0 Å². The fourth-order valence-corrected chi connectivity index (χ4v) is 4.34. The summed E-state index contributed by atoms with van der Waals surface area (Å²) in [4.78, 5) is 29.3. The normalized spacial score (nSPS) is 25.9. The Hall–Kier alpha value is -2.50. The third-order valence-corrected chi connectivity index (χ3v) is 5.46. The lowest BCUT2D eigenvalue weighted by Gasteiger charge is -2.23. The molecule has 1 amide bonds. The number of nitrogens with zero attached hydrogens (tertiary/aromatic N) is 1. The van der Waals surface area contributed by atoms with Crippen LogP contribution in [0.1, 0.15) is 29.8 Å². The van der Waals surface area contributed by atoms with E-state index < -0.39 is 12.0 Å². The van der Waals surface area contributed by atoms with Crippen LogP contribution in [-0.4, -0.2) is 46.6 Å². The van der Waals surface area contributed by atoms with Gasteiger partial charge in [-0.2, -0.15) is 0 Å². The van der Waals surface area contributed by atoms with Crippen molar-refractivity contribution in [3.8, 4) is 5.75 Å². The third-order valence-electron chi connectivity index (χ3n) is 5.46. The fraction of sp³-hybridized carbons (Fsp3) is 0.444. The number of carbonyl (C=O) groups excluding carboxylic acids is 1. The molecule has 1 aromatic heterocycles. The first-order valence-corrected chi connectivity index (χ1v) is 8.29. The number of carbonyl (C=O) groups is 2. The molecule has 0 bridgehead atoms. The number of aromatic nitrogens is 1. The van der Waals surface area contributed by atoms with Gasteiger partial charge in [0, 0.05) is 17.4 Å². The van der Waals surface area contributed by atoms with Crippen molar-refractivity contribution in [2.75, 3.05) is 13.7 Å². The van der Waals surface area contributed by atoms with E-state index in [1.165, 1.54) is 0 Å². The molecule has 24 heavy (non-hydrogen) atoms. The van der Waals surface area contributed by atoms with Crippen molar-refractivity contribution in [3.05, 3.63) is 30.0 Å². The van der Waals surface area contributed by atoms with Crippen molar-refractivity contribution in [3.63, 3.8) is 0 Å². The minimum absolute atomic E-state index is 0.0934. The molecule has 2 aromatic rings. The number of likely N-dealkylation sites (tertiary alicyclic amines) is 1. The Morgan fingerprint density at radius 3 is 2.88 bits per heavy atom. The predicted octanol–water partition coefficient (Wildman–Crippen LogP) is 2.50. The van der Waals surface area contributed by atoms with Crippen LogP contribution in [0.25, 0.3) is 10.9 Å². The minimum atomic E-state index is -0.893. The van der Waals surface area contributed by atoms with Crippen molar-refractivity contribution >= 4 is 22.8 Å². The number of aromatic amines is 1. The van der Waals surface area contributed by atoms with Crippen molar-refractivity contribution < 1.29 is 19.4 Å². The summed E-state index contributed by atoms with van der Waals surface area (Å²) in [6, 6.07) is 6.61. The average Bonchev–Trinajstić information content (AvgIpc) is 3.25. The SMILES string of the molecule is COc1ccc2[nH]c(C(=O)N3CC4CCCC4C3C(=O)O)cc2c1. The first-order chi connectivity index (χ1) is 11.6. The highest BCUT2D eigenvalue weighted by Gasteiger charge is 2.49. The minimum Gasteiger partial charge on any atom is -0.497 e. The molecular weight excluding hydrogens is 308 g/mol. The number of aliphatic carboxylic acids is 1. The van der Waals surface area contributed by atoms with Gasteiger partial charge in [0.2, 0.25) is 0 Å². The number of hydrogen-bond acceptors (Lipinski definition) is 3. The molecule has 1 aromatic carbocycles. The number of methoxy groups -OCH3 is 1. The number of ether oxygens (including phenoxy) is 1. The zero-order valence-corrected chi connectivity index (χ0v) is 13.5. The highest BCUT2D eigenvalue weighted by atomic mass is 16.5. The molecule has 4 rings (SSSR count). The zero-order valence-electron chi connectivity index (χ0n) is 13.5. The van der Waals surface area contributed by atoms with Crippen LogP contribution in [0.4, 0.5) is 0 Å². The van der Waals surface area contributed by atoms with Gasteiger partial charge in [-0.25, -0.2) is 4.79 Å². The summed E-state index contributed by atoms with van der Waals surface area (Å²) in [7, 11) is 1.60. The van der Waals surface area contributed by atoms with E-state index in [9.17, 15) is 14.7 Å². The molecule has 1 saturated carbocycles. The summed E-state index contributed by atoms with van der Waals surface area (Å²) >= 11 is 0. The van der Waals surface area contributed by atoms with Gasteiger partial charge in [-0.3, -0.25) is 4.79 Å². The fourth-order valence-electron chi connectivity index (χ4n) is 4.34. The number of carboxylic acids is 1. The number of carboxylic acid groups (broad SMARTS) is 1. The maximum atomic E-state index is 12.9. The first kappa shape index (κ1) is 15.1. The van der Waals surface area contributed by atoms with Crippen LogP contribution in [0.5, 0.6) is 5.75 Å². The van der Waals surface area contributed by atoms with Crippen molar-refractivity contribution in [2.24, 2.45) is 11.8 Å². The quantitative estimate of drug-likeness (QED) is 0.907. The van der Waals surface area contributed by atoms with Crippen LogP contribution in [0, 0.1) is 11.8 Å².